The Kier molecular flexibility index (Phi) is 3.77. The summed E-state index contributed by atoms with van der Waals surface area (Å²) in [4.78, 5) is 32.2. The van der Waals surface area contributed by atoms with Crippen LogP contribution in [-0.2, 0) is 22.7 Å². The average Bonchev–Trinajstić information content (AvgIpc) is 2.96. The van der Waals surface area contributed by atoms with Crippen molar-refractivity contribution >= 4 is 11.8 Å². The van der Waals surface area contributed by atoms with Crippen LogP contribution in [0.25, 0.3) is 0 Å². The van der Waals surface area contributed by atoms with Crippen molar-refractivity contribution in [3.8, 4) is 0 Å². The van der Waals surface area contributed by atoms with Crippen LogP contribution in [0.15, 0.2) is 25.2 Å². The third kappa shape index (κ3) is 2.70. The number of amides is 2. The monoisotopic (exact) mass is 288 g/mol. The highest BCUT2D eigenvalue weighted by Gasteiger charge is 2.33. The summed E-state index contributed by atoms with van der Waals surface area (Å²) in [6.45, 7) is 6.83. The van der Waals surface area contributed by atoms with Gasteiger partial charge in [-0.05, 0) is 6.42 Å². The van der Waals surface area contributed by atoms with E-state index in [0.717, 1.165) is 12.2 Å². The van der Waals surface area contributed by atoms with Crippen LogP contribution in [0, 0.1) is 5.92 Å². The Bertz CT molecular complexity index is 566. The molecule has 2 amide bonds. The first-order valence-electron chi connectivity index (χ1n) is 7.35. The predicted octanol–water partition coefficient (Wildman–Crippen LogP) is 0.650. The number of carbonyl (C=O) groups excluding carboxylic acids is 2. The molecule has 1 aromatic heterocycles. The van der Waals surface area contributed by atoms with Crippen LogP contribution in [0.5, 0.6) is 0 Å². The van der Waals surface area contributed by atoms with E-state index in [1.54, 1.807) is 11.0 Å². The van der Waals surface area contributed by atoms with Gasteiger partial charge in [0, 0.05) is 38.8 Å². The Morgan fingerprint density at radius 2 is 2.33 bits per heavy atom. The van der Waals surface area contributed by atoms with E-state index in [1.165, 1.54) is 0 Å². The normalized spacial score (nSPS) is 22.1. The molecular formula is C15H20N4O2. The van der Waals surface area contributed by atoms with Gasteiger partial charge in [0.05, 0.1) is 24.5 Å². The fourth-order valence-electron chi connectivity index (χ4n) is 3.08. The van der Waals surface area contributed by atoms with Gasteiger partial charge in [-0.2, -0.15) is 0 Å². The molecule has 0 saturated carbocycles. The molecular weight excluding hydrogens is 268 g/mol. The number of likely N-dealkylation sites (tertiary alicyclic amines) is 1. The fraction of sp³-hybridized carbons (Fsp3) is 0.533. The van der Waals surface area contributed by atoms with E-state index in [4.69, 9.17) is 0 Å². The molecule has 0 aliphatic carbocycles. The maximum atomic E-state index is 12.7. The molecule has 1 aromatic rings. The van der Waals surface area contributed by atoms with Gasteiger partial charge in [-0.25, -0.2) is 4.98 Å². The predicted molar refractivity (Wildman–Crippen MR) is 77.1 cm³/mol. The van der Waals surface area contributed by atoms with Crippen LogP contribution >= 0.6 is 0 Å². The van der Waals surface area contributed by atoms with E-state index in [1.807, 2.05) is 17.4 Å². The van der Waals surface area contributed by atoms with Gasteiger partial charge < -0.3 is 14.4 Å². The maximum absolute atomic E-state index is 12.7. The number of nitrogens with zero attached hydrogens (tertiary/aromatic N) is 4. The van der Waals surface area contributed by atoms with Gasteiger partial charge in [0.25, 0.3) is 0 Å². The van der Waals surface area contributed by atoms with Crippen molar-refractivity contribution in [2.75, 3.05) is 19.6 Å². The second-order valence-corrected chi connectivity index (χ2v) is 5.66. The molecule has 112 valence electrons. The molecule has 1 saturated heterocycles. The van der Waals surface area contributed by atoms with Gasteiger partial charge >= 0.3 is 0 Å². The molecule has 0 spiro atoms. The molecule has 0 unspecified atom stereocenters. The van der Waals surface area contributed by atoms with Crippen molar-refractivity contribution in [2.24, 2.45) is 5.92 Å². The zero-order valence-electron chi connectivity index (χ0n) is 12.1. The second kappa shape index (κ2) is 5.71. The smallest absolute Gasteiger partial charge is 0.227 e. The van der Waals surface area contributed by atoms with E-state index in [-0.39, 0.29) is 17.7 Å². The molecule has 0 radical (unpaired) electrons. The Morgan fingerprint density at radius 1 is 1.48 bits per heavy atom. The van der Waals surface area contributed by atoms with E-state index in [2.05, 4.69) is 16.1 Å². The fourth-order valence-corrected chi connectivity index (χ4v) is 3.08. The third-order valence-electron chi connectivity index (χ3n) is 4.27. The Morgan fingerprint density at radius 3 is 3.14 bits per heavy atom. The molecule has 21 heavy (non-hydrogen) atoms. The van der Waals surface area contributed by atoms with Crippen molar-refractivity contribution in [3.63, 3.8) is 0 Å². The quantitative estimate of drug-likeness (QED) is 0.767. The van der Waals surface area contributed by atoms with Gasteiger partial charge in [0.2, 0.25) is 11.8 Å². The number of carbonyl (C=O) groups is 2. The maximum Gasteiger partial charge on any atom is 0.227 e. The van der Waals surface area contributed by atoms with Gasteiger partial charge in [0.15, 0.2) is 0 Å². The molecule has 0 bridgehead atoms. The SMILES string of the molecule is C=CCN1C[C@H](C(=O)N2CCn3cncc3C2)CCC1=O. The molecule has 6 nitrogen and oxygen atoms in total. The van der Waals surface area contributed by atoms with Crippen LogP contribution in [0.1, 0.15) is 18.5 Å². The summed E-state index contributed by atoms with van der Waals surface area (Å²) >= 11 is 0. The first-order chi connectivity index (χ1) is 10.2. The number of imidazole rings is 1. The van der Waals surface area contributed by atoms with E-state index < -0.39 is 0 Å². The summed E-state index contributed by atoms with van der Waals surface area (Å²) in [5.74, 6) is 0.191. The number of rotatable bonds is 3. The lowest BCUT2D eigenvalue weighted by Crippen LogP contribution is -2.48. The topological polar surface area (TPSA) is 58.4 Å². The molecule has 0 aromatic carbocycles. The Hall–Kier alpha value is -2.11. The second-order valence-electron chi connectivity index (χ2n) is 5.66. The highest BCUT2D eigenvalue weighted by molar-refractivity contribution is 5.84. The van der Waals surface area contributed by atoms with E-state index in [0.29, 0.717) is 39.0 Å². The minimum atomic E-state index is -0.0860. The van der Waals surface area contributed by atoms with Crippen LogP contribution in [0.2, 0.25) is 0 Å². The van der Waals surface area contributed by atoms with Gasteiger partial charge in [-0.15, -0.1) is 6.58 Å². The largest absolute Gasteiger partial charge is 0.338 e. The summed E-state index contributed by atoms with van der Waals surface area (Å²) in [6.07, 6.45) is 6.44. The lowest BCUT2D eigenvalue weighted by Gasteiger charge is -2.36. The van der Waals surface area contributed by atoms with E-state index in [9.17, 15) is 9.59 Å². The zero-order valence-corrected chi connectivity index (χ0v) is 12.1. The van der Waals surface area contributed by atoms with Gasteiger partial charge in [-0.1, -0.05) is 6.08 Å². The van der Waals surface area contributed by atoms with E-state index >= 15 is 0 Å². The lowest BCUT2D eigenvalue weighted by molar-refractivity contribution is -0.143. The first kappa shape index (κ1) is 13.9. The van der Waals surface area contributed by atoms with Crippen LogP contribution < -0.4 is 0 Å². The Labute approximate surface area is 124 Å². The lowest BCUT2D eigenvalue weighted by atomic mass is 9.95. The first-order valence-corrected chi connectivity index (χ1v) is 7.35. The van der Waals surface area contributed by atoms with Crippen molar-refractivity contribution in [3.05, 3.63) is 30.9 Å². The summed E-state index contributed by atoms with van der Waals surface area (Å²) in [6, 6.07) is 0. The number of hydrogen-bond acceptors (Lipinski definition) is 3. The molecule has 1 fully saturated rings. The zero-order chi connectivity index (χ0) is 14.8. The summed E-state index contributed by atoms with van der Waals surface area (Å²) in [5, 5.41) is 0. The third-order valence-corrected chi connectivity index (χ3v) is 4.27. The molecule has 1 atom stereocenters. The minimum absolute atomic E-state index is 0.0860. The Balaban J connectivity index is 1.66. The minimum Gasteiger partial charge on any atom is -0.338 e. The van der Waals surface area contributed by atoms with Crippen LogP contribution in [0.4, 0.5) is 0 Å². The van der Waals surface area contributed by atoms with Crippen molar-refractivity contribution in [1.82, 2.24) is 19.4 Å². The average molecular weight is 288 g/mol. The van der Waals surface area contributed by atoms with Crippen LogP contribution in [0.3, 0.4) is 0 Å². The number of hydrogen-bond donors (Lipinski definition) is 0. The van der Waals surface area contributed by atoms with Gasteiger partial charge in [-0.3, -0.25) is 9.59 Å². The van der Waals surface area contributed by atoms with Crippen molar-refractivity contribution in [2.45, 2.75) is 25.9 Å². The van der Waals surface area contributed by atoms with Crippen LogP contribution in [-0.4, -0.2) is 50.8 Å². The summed E-state index contributed by atoms with van der Waals surface area (Å²) in [7, 11) is 0. The summed E-state index contributed by atoms with van der Waals surface area (Å²) in [5.41, 5.74) is 1.07. The molecule has 3 heterocycles. The number of piperidine rings is 1. The number of fused-ring (bicyclic) bond motifs is 1. The molecule has 2 aliphatic rings. The van der Waals surface area contributed by atoms with Crippen molar-refractivity contribution in [1.29, 1.82) is 0 Å². The van der Waals surface area contributed by atoms with Gasteiger partial charge in [0.1, 0.15) is 0 Å². The highest BCUT2D eigenvalue weighted by Crippen LogP contribution is 2.22. The van der Waals surface area contributed by atoms with Crippen molar-refractivity contribution < 1.29 is 9.59 Å². The number of aromatic nitrogens is 2. The highest BCUT2D eigenvalue weighted by atomic mass is 16.2. The standard InChI is InChI=1S/C15H20N4O2/c1-2-5-17-9-12(3-4-14(17)20)15(21)18-6-7-19-11-16-8-13(19)10-18/h2,8,11-12H,1,3-7,9-10H2/t12-/m1/s1. The summed E-state index contributed by atoms with van der Waals surface area (Å²) < 4.78 is 2.08. The molecule has 3 rings (SSSR count). The molecule has 0 N–H and O–H groups in total. The molecule has 6 heteroatoms. The molecule has 2 aliphatic heterocycles.